The smallest absolute Gasteiger partial charge is 0.0717 e. The van der Waals surface area contributed by atoms with Crippen LogP contribution in [0.3, 0.4) is 0 Å². The molecule has 1 saturated carbocycles. The molecule has 1 aromatic carbocycles. The lowest BCUT2D eigenvalue weighted by atomic mass is 9.90. The van der Waals surface area contributed by atoms with Gasteiger partial charge in [0.25, 0.3) is 0 Å². The van der Waals surface area contributed by atoms with Crippen molar-refractivity contribution in [1.82, 2.24) is 0 Å². The van der Waals surface area contributed by atoms with Crippen LogP contribution in [-0.4, -0.2) is 17.8 Å². The first kappa shape index (κ1) is 13.3. The summed E-state index contributed by atoms with van der Waals surface area (Å²) in [5.74, 6) is 0.627. The lowest BCUT2D eigenvalue weighted by molar-refractivity contribution is 0.0263. The average molecular weight is 246 g/mol. The van der Waals surface area contributed by atoms with Crippen molar-refractivity contribution in [2.75, 3.05) is 6.61 Å². The molecule has 1 aliphatic carbocycles. The number of ether oxygens (including phenoxy) is 1. The second kappa shape index (κ2) is 6.17. The van der Waals surface area contributed by atoms with E-state index in [0.29, 0.717) is 19.1 Å². The van der Waals surface area contributed by atoms with Crippen LogP contribution in [0.4, 0.5) is 0 Å². The minimum Gasteiger partial charge on any atom is -0.393 e. The molecule has 2 rings (SSSR count). The highest BCUT2D eigenvalue weighted by Gasteiger charge is 2.35. The van der Waals surface area contributed by atoms with Crippen molar-refractivity contribution >= 4 is 0 Å². The van der Waals surface area contributed by atoms with Gasteiger partial charge in [-0.25, -0.2) is 0 Å². The maximum Gasteiger partial charge on any atom is 0.0717 e. The van der Waals surface area contributed by atoms with Gasteiger partial charge in [-0.15, -0.1) is 0 Å². The second-order valence-electron chi connectivity index (χ2n) is 5.26. The van der Waals surface area contributed by atoms with Gasteiger partial charge in [-0.2, -0.15) is 0 Å². The summed E-state index contributed by atoms with van der Waals surface area (Å²) in [7, 11) is 0. The van der Waals surface area contributed by atoms with Crippen molar-refractivity contribution < 1.29 is 9.84 Å². The molecule has 1 aromatic rings. The van der Waals surface area contributed by atoms with Crippen molar-refractivity contribution in [3.8, 4) is 0 Å². The van der Waals surface area contributed by atoms with Crippen LogP contribution in [0.15, 0.2) is 42.5 Å². The summed E-state index contributed by atoms with van der Waals surface area (Å²) in [6.45, 7) is 7.31. The maximum absolute atomic E-state index is 9.98. The molecule has 1 N–H and O–H groups in total. The third kappa shape index (κ3) is 3.21. The highest BCUT2D eigenvalue weighted by atomic mass is 16.5. The number of benzene rings is 1. The van der Waals surface area contributed by atoms with E-state index in [4.69, 9.17) is 4.74 Å². The SMILES string of the molecule is C=C(C)[C@H]1CC[C@@H](O)[C@@H]1COCc1ccccc1. The Morgan fingerprint density at radius 2 is 2.06 bits per heavy atom. The Hall–Kier alpha value is -1.12. The molecule has 0 aromatic heterocycles. The van der Waals surface area contributed by atoms with Gasteiger partial charge in [0, 0.05) is 5.92 Å². The monoisotopic (exact) mass is 246 g/mol. The first-order valence-corrected chi connectivity index (χ1v) is 6.63. The summed E-state index contributed by atoms with van der Waals surface area (Å²) in [6.07, 6.45) is 1.68. The third-order valence-electron chi connectivity index (χ3n) is 3.84. The molecule has 98 valence electrons. The van der Waals surface area contributed by atoms with Crippen LogP contribution in [0.25, 0.3) is 0 Å². The molecule has 0 heterocycles. The molecule has 0 saturated heterocycles. The van der Waals surface area contributed by atoms with Gasteiger partial charge in [0.2, 0.25) is 0 Å². The van der Waals surface area contributed by atoms with Gasteiger partial charge in [0.05, 0.1) is 19.3 Å². The maximum atomic E-state index is 9.98. The van der Waals surface area contributed by atoms with E-state index in [1.807, 2.05) is 25.1 Å². The Kier molecular flexibility index (Phi) is 4.56. The molecular weight excluding hydrogens is 224 g/mol. The molecule has 0 aliphatic heterocycles. The number of rotatable bonds is 5. The largest absolute Gasteiger partial charge is 0.393 e. The summed E-state index contributed by atoms with van der Waals surface area (Å²) >= 11 is 0. The fourth-order valence-corrected chi connectivity index (χ4v) is 2.77. The van der Waals surface area contributed by atoms with Crippen LogP contribution in [0.2, 0.25) is 0 Å². The summed E-state index contributed by atoms with van der Waals surface area (Å²) in [5.41, 5.74) is 2.34. The van der Waals surface area contributed by atoms with Crippen molar-refractivity contribution in [3.63, 3.8) is 0 Å². The van der Waals surface area contributed by atoms with E-state index in [1.165, 1.54) is 11.1 Å². The Morgan fingerprint density at radius 1 is 1.33 bits per heavy atom. The zero-order valence-electron chi connectivity index (χ0n) is 11.0. The van der Waals surface area contributed by atoms with Crippen molar-refractivity contribution in [2.45, 2.75) is 32.5 Å². The predicted molar refractivity (Wildman–Crippen MR) is 73.1 cm³/mol. The van der Waals surface area contributed by atoms with Gasteiger partial charge in [-0.05, 0) is 31.2 Å². The molecule has 2 nitrogen and oxygen atoms in total. The molecular formula is C16H22O2. The number of allylic oxidation sites excluding steroid dienone is 1. The number of aliphatic hydroxyl groups is 1. The molecule has 0 bridgehead atoms. The highest BCUT2D eigenvalue weighted by molar-refractivity contribution is 5.13. The van der Waals surface area contributed by atoms with Crippen molar-refractivity contribution in [2.24, 2.45) is 11.8 Å². The van der Waals surface area contributed by atoms with Crippen LogP contribution < -0.4 is 0 Å². The minimum atomic E-state index is -0.234. The lowest BCUT2D eigenvalue weighted by Crippen LogP contribution is -2.25. The fourth-order valence-electron chi connectivity index (χ4n) is 2.77. The van der Waals surface area contributed by atoms with E-state index >= 15 is 0 Å². The van der Waals surface area contributed by atoms with Gasteiger partial charge in [0.15, 0.2) is 0 Å². The Morgan fingerprint density at radius 3 is 2.72 bits per heavy atom. The first-order valence-electron chi connectivity index (χ1n) is 6.63. The molecule has 0 unspecified atom stereocenters. The average Bonchev–Trinajstić information content (AvgIpc) is 2.73. The Bertz CT molecular complexity index is 385. The molecule has 0 spiro atoms. The fraction of sp³-hybridized carbons (Fsp3) is 0.500. The Balaban J connectivity index is 1.83. The third-order valence-corrected chi connectivity index (χ3v) is 3.84. The lowest BCUT2D eigenvalue weighted by Gasteiger charge is -2.22. The second-order valence-corrected chi connectivity index (χ2v) is 5.26. The van der Waals surface area contributed by atoms with Gasteiger partial charge in [-0.1, -0.05) is 42.5 Å². The molecule has 0 amide bonds. The molecule has 1 aliphatic rings. The van der Waals surface area contributed by atoms with E-state index < -0.39 is 0 Å². The summed E-state index contributed by atoms with van der Waals surface area (Å²) in [4.78, 5) is 0. The van der Waals surface area contributed by atoms with E-state index in [2.05, 4.69) is 18.7 Å². The molecule has 3 atom stereocenters. The van der Waals surface area contributed by atoms with Crippen LogP contribution >= 0.6 is 0 Å². The highest BCUT2D eigenvalue weighted by Crippen LogP contribution is 2.36. The standard InChI is InChI=1S/C16H22O2/c1-12(2)14-8-9-16(17)15(14)11-18-10-13-6-4-3-5-7-13/h3-7,14-17H,1,8-11H2,2H3/t14-,15-,16-/m1/s1. The van der Waals surface area contributed by atoms with E-state index in [-0.39, 0.29) is 12.0 Å². The summed E-state index contributed by atoms with van der Waals surface area (Å²) < 4.78 is 5.75. The van der Waals surface area contributed by atoms with Crippen LogP contribution in [0, 0.1) is 11.8 Å². The molecule has 1 fully saturated rings. The van der Waals surface area contributed by atoms with Crippen molar-refractivity contribution in [3.05, 3.63) is 48.0 Å². The zero-order chi connectivity index (χ0) is 13.0. The van der Waals surface area contributed by atoms with Gasteiger partial charge in [-0.3, -0.25) is 0 Å². The summed E-state index contributed by atoms with van der Waals surface area (Å²) in [5, 5.41) is 9.98. The van der Waals surface area contributed by atoms with E-state index in [9.17, 15) is 5.11 Å². The molecule has 2 heteroatoms. The van der Waals surface area contributed by atoms with Gasteiger partial charge >= 0.3 is 0 Å². The Labute approximate surface area is 109 Å². The minimum absolute atomic E-state index is 0.214. The first-order chi connectivity index (χ1) is 8.68. The summed E-state index contributed by atoms with van der Waals surface area (Å²) in [6, 6.07) is 10.1. The van der Waals surface area contributed by atoms with E-state index in [1.54, 1.807) is 0 Å². The van der Waals surface area contributed by atoms with Crippen LogP contribution in [0.5, 0.6) is 0 Å². The van der Waals surface area contributed by atoms with Gasteiger partial charge in [0.1, 0.15) is 0 Å². The normalized spacial score (nSPS) is 27.3. The zero-order valence-corrected chi connectivity index (χ0v) is 11.0. The van der Waals surface area contributed by atoms with Gasteiger partial charge < -0.3 is 9.84 Å². The topological polar surface area (TPSA) is 29.5 Å². The van der Waals surface area contributed by atoms with Crippen LogP contribution in [-0.2, 0) is 11.3 Å². The molecule has 0 radical (unpaired) electrons. The van der Waals surface area contributed by atoms with Crippen LogP contribution in [0.1, 0.15) is 25.3 Å². The molecule has 18 heavy (non-hydrogen) atoms. The van der Waals surface area contributed by atoms with Crippen molar-refractivity contribution in [1.29, 1.82) is 0 Å². The predicted octanol–water partition coefficient (Wildman–Crippen LogP) is 3.17. The quantitative estimate of drug-likeness (QED) is 0.809. The van der Waals surface area contributed by atoms with E-state index in [0.717, 1.165) is 12.8 Å². The number of hydrogen-bond donors (Lipinski definition) is 1. The number of hydrogen-bond acceptors (Lipinski definition) is 2. The number of aliphatic hydroxyl groups excluding tert-OH is 1.